The summed E-state index contributed by atoms with van der Waals surface area (Å²) in [5.41, 5.74) is 3.36. The van der Waals surface area contributed by atoms with E-state index < -0.39 is 10.0 Å². The monoisotopic (exact) mass is 471 g/mol. The molecule has 2 aromatic carbocycles. The highest BCUT2D eigenvalue weighted by Gasteiger charge is 2.31. The normalized spacial score (nSPS) is 16.2. The quantitative estimate of drug-likeness (QED) is 0.698. The molecule has 176 valence electrons. The molecule has 0 aromatic heterocycles. The van der Waals surface area contributed by atoms with Crippen LogP contribution in [0.2, 0.25) is 0 Å². The molecule has 1 fully saturated rings. The number of nitrogens with zero attached hydrogens (tertiary/aromatic N) is 2. The van der Waals surface area contributed by atoms with Gasteiger partial charge in [-0.1, -0.05) is 12.1 Å². The van der Waals surface area contributed by atoms with E-state index in [4.69, 9.17) is 4.74 Å². The van der Waals surface area contributed by atoms with E-state index in [0.29, 0.717) is 35.8 Å². The standard InChI is InChI=1S/C24H29N3O5S/c1-17-3-4-18(2)22(15-17)33(30,31)27-12-10-26(11-13-27)24(29)8-7-23(28)25-20-5-6-21-19(16-20)9-14-32-21/h3-6,15-16H,7-14H2,1-2H3,(H,25,28). The average molecular weight is 472 g/mol. The second-order valence-electron chi connectivity index (χ2n) is 8.52. The Bertz CT molecular complexity index is 1170. The molecule has 33 heavy (non-hydrogen) atoms. The fourth-order valence-electron chi connectivity index (χ4n) is 4.17. The van der Waals surface area contributed by atoms with Crippen molar-refractivity contribution in [1.82, 2.24) is 9.21 Å². The lowest BCUT2D eigenvalue weighted by atomic mass is 10.1. The molecule has 0 aliphatic carbocycles. The second kappa shape index (κ2) is 9.52. The minimum atomic E-state index is -3.61. The smallest absolute Gasteiger partial charge is 0.243 e. The fourth-order valence-corrected chi connectivity index (χ4v) is 5.90. The van der Waals surface area contributed by atoms with Gasteiger partial charge in [0.1, 0.15) is 5.75 Å². The number of carbonyl (C=O) groups excluding carboxylic acids is 2. The van der Waals surface area contributed by atoms with Gasteiger partial charge in [-0.3, -0.25) is 9.59 Å². The van der Waals surface area contributed by atoms with Gasteiger partial charge in [-0.05, 0) is 54.8 Å². The van der Waals surface area contributed by atoms with Crippen LogP contribution in [0.25, 0.3) is 0 Å². The lowest BCUT2D eigenvalue weighted by Crippen LogP contribution is -2.50. The van der Waals surface area contributed by atoms with E-state index in [9.17, 15) is 18.0 Å². The highest BCUT2D eigenvalue weighted by molar-refractivity contribution is 7.89. The molecule has 0 radical (unpaired) electrons. The summed E-state index contributed by atoms with van der Waals surface area (Å²) >= 11 is 0. The summed E-state index contributed by atoms with van der Waals surface area (Å²) in [5.74, 6) is 0.483. The van der Waals surface area contributed by atoms with Gasteiger partial charge in [0.15, 0.2) is 0 Å². The van der Waals surface area contributed by atoms with Gasteiger partial charge in [0.25, 0.3) is 0 Å². The van der Waals surface area contributed by atoms with E-state index in [2.05, 4.69) is 5.32 Å². The molecular formula is C24H29N3O5S. The third-order valence-corrected chi connectivity index (χ3v) is 8.13. The number of piperazine rings is 1. The van der Waals surface area contributed by atoms with Gasteiger partial charge in [-0.25, -0.2) is 8.42 Å². The Morgan fingerprint density at radius 2 is 1.76 bits per heavy atom. The van der Waals surface area contributed by atoms with Crippen LogP contribution in [0, 0.1) is 13.8 Å². The van der Waals surface area contributed by atoms with Crippen LogP contribution in [-0.2, 0) is 26.0 Å². The molecule has 2 aliphatic rings. The Balaban J connectivity index is 1.27. The molecule has 0 spiro atoms. The predicted octanol–water partition coefficient (Wildman–Crippen LogP) is 2.49. The highest BCUT2D eigenvalue weighted by Crippen LogP contribution is 2.28. The van der Waals surface area contributed by atoms with Crippen molar-refractivity contribution in [3.8, 4) is 5.75 Å². The molecule has 2 aliphatic heterocycles. The van der Waals surface area contributed by atoms with E-state index in [1.807, 2.05) is 31.2 Å². The number of carbonyl (C=O) groups is 2. The van der Waals surface area contributed by atoms with Gasteiger partial charge in [-0.15, -0.1) is 0 Å². The summed E-state index contributed by atoms with van der Waals surface area (Å²) < 4.78 is 33.0. The number of hydrogen-bond donors (Lipinski definition) is 1. The van der Waals surface area contributed by atoms with E-state index in [0.717, 1.165) is 23.3 Å². The zero-order valence-corrected chi connectivity index (χ0v) is 19.8. The number of sulfonamides is 1. The van der Waals surface area contributed by atoms with Crippen molar-refractivity contribution in [1.29, 1.82) is 0 Å². The lowest BCUT2D eigenvalue weighted by Gasteiger charge is -2.34. The Kier molecular flexibility index (Phi) is 6.71. The van der Waals surface area contributed by atoms with Crippen molar-refractivity contribution >= 4 is 27.5 Å². The number of fused-ring (bicyclic) bond motifs is 1. The summed E-state index contributed by atoms with van der Waals surface area (Å²) in [5, 5.41) is 2.83. The van der Waals surface area contributed by atoms with Crippen molar-refractivity contribution in [2.24, 2.45) is 0 Å². The Hall–Kier alpha value is -2.91. The number of rotatable bonds is 6. The van der Waals surface area contributed by atoms with E-state index in [1.165, 1.54) is 4.31 Å². The van der Waals surface area contributed by atoms with Crippen LogP contribution in [0.4, 0.5) is 5.69 Å². The van der Waals surface area contributed by atoms with Crippen LogP contribution < -0.4 is 10.1 Å². The molecule has 8 nitrogen and oxygen atoms in total. The van der Waals surface area contributed by atoms with Gasteiger partial charge < -0.3 is 15.0 Å². The Labute approximate surface area is 194 Å². The van der Waals surface area contributed by atoms with Crippen molar-refractivity contribution in [2.75, 3.05) is 38.1 Å². The van der Waals surface area contributed by atoms with Crippen LogP contribution in [-0.4, -0.2) is 62.2 Å². The molecule has 2 amide bonds. The maximum Gasteiger partial charge on any atom is 0.243 e. The first-order valence-corrected chi connectivity index (χ1v) is 12.6. The largest absolute Gasteiger partial charge is 0.493 e. The number of aryl methyl sites for hydroxylation is 2. The van der Waals surface area contributed by atoms with Crippen LogP contribution >= 0.6 is 0 Å². The average Bonchev–Trinajstić information content (AvgIpc) is 3.27. The second-order valence-corrected chi connectivity index (χ2v) is 10.4. The number of benzene rings is 2. The SMILES string of the molecule is Cc1ccc(C)c(S(=O)(=O)N2CCN(C(=O)CCC(=O)Nc3ccc4c(c3)CCO4)CC2)c1. The molecule has 4 rings (SSSR count). The molecule has 2 heterocycles. The molecule has 9 heteroatoms. The zero-order valence-electron chi connectivity index (χ0n) is 19.0. The summed E-state index contributed by atoms with van der Waals surface area (Å²) in [7, 11) is -3.61. The first-order chi connectivity index (χ1) is 15.7. The number of ether oxygens (including phenoxy) is 1. The van der Waals surface area contributed by atoms with Crippen LogP contribution in [0.1, 0.15) is 29.5 Å². The molecule has 0 bridgehead atoms. The first-order valence-electron chi connectivity index (χ1n) is 11.1. The number of nitrogens with one attached hydrogen (secondary N) is 1. The van der Waals surface area contributed by atoms with Gasteiger partial charge in [0.05, 0.1) is 11.5 Å². The van der Waals surface area contributed by atoms with Crippen molar-refractivity contribution in [3.05, 3.63) is 53.1 Å². The molecule has 2 aromatic rings. The van der Waals surface area contributed by atoms with Crippen molar-refractivity contribution in [2.45, 2.75) is 38.0 Å². The summed E-state index contributed by atoms with van der Waals surface area (Å²) in [6.45, 7) is 5.42. The number of anilines is 1. The summed E-state index contributed by atoms with van der Waals surface area (Å²) in [6.07, 6.45) is 0.986. The molecular weight excluding hydrogens is 442 g/mol. The Morgan fingerprint density at radius 1 is 1.00 bits per heavy atom. The van der Waals surface area contributed by atoms with Gasteiger partial charge in [0.2, 0.25) is 21.8 Å². The van der Waals surface area contributed by atoms with Gasteiger partial charge in [0, 0.05) is 51.1 Å². The predicted molar refractivity (Wildman–Crippen MR) is 125 cm³/mol. The van der Waals surface area contributed by atoms with Gasteiger partial charge in [-0.2, -0.15) is 4.31 Å². The number of hydrogen-bond acceptors (Lipinski definition) is 5. The third-order valence-electron chi connectivity index (χ3n) is 6.09. The topological polar surface area (TPSA) is 96.0 Å². The van der Waals surface area contributed by atoms with Gasteiger partial charge >= 0.3 is 0 Å². The summed E-state index contributed by atoms with van der Waals surface area (Å²) in [6, 6.07) is 10.9. The van der Waals surface area contributed by atoms with Crippen molar-refractivity contribution in [3.63, 3.8) is 0 Å². The van der Waals surface area contributed by atoms with Crippen LogP contribution in [0.3, 0.4) is 0 Å². The minimum Gasteiger partial charge on any atom is -0.493 e. The number of amides is 2. The summed E-state index contributed by atoms with van der Waals surface area (Å²) in [4.78, 5) is 26.8. The van der Waals surface area contributed by atoms with Crippen LogP contribution in [0.5, 0.6) is 5.75 Å². The fraction of sp³-hybridized carbons (Fsp3) is 0.417. The van der Waals surface area contributed by atoms with E-state index in [1.54, 1.807) is 24.0 Å². The maximum atomic E-state index is 13.1. The maximum absolute atomic E-state index is 13.1. The molecule has 0 atom stereocenters. The van der Waals surface area contributed by atoms with E-state index >= 15 is 0 Å². The van der Waals surface area contributed by atoms with Crippen molar-refractivity contribution < 1.29 is 22.7 Å². The molecule has 0 unspecified atom stereocenters. The minimum absolute atomic E-state index is 0.0768. The molecule has 1 N–H and O–H groups in total. The zero-order chi connectivity index (χ0) is 23.6. The van der Waals surface area contributed by atoms with E-state index in [-0.39, 0.29) is 37.7 Å². The third kappa shape index (κ3) is 5.20. The molecule has 1 saturated heterocycles. The Morgan fingerprint density at radius 3 is 2.52 bits per heavy atom. The molecule has 0 saturated carbocycles. The lowest BCUT2D eigenvalue weighted by molar-refractivity contribution is -0.133. The first kappa shape index (κ1) is 23.3. The van der Waals surface area contributed by atoms with Crippen LogP contribution in [0.15, 0.2) is 41.3 Å². The highest BCUT2D eigenvalue weighted by atomic mass is 32.2.